The summed E-state index contributed by atoms with van der Waals surface area (Å²) < 4.78 is 26.8. The number of hydrogen-bond acceptors (Lipinski definition) is 2. The van der Waals surface area contributed by atoms with Crippen LogP contribution in [0.2, 0.25) is 0 Å². The molecule has 0 fully saturated rings. The zero-order valence-corrected chi connectivity index (χ0v) is 13.5. The van der Waals surface area contributed by atoms with E-state index in [0.29, 0.717) is 11.4 Å². The van der Waals surface area contributed by atoms with E-state index in [0.717, 1.165) is 27.7 Å². The van der Waals surface area contributed by atoms with Gasteiger partial charge in [0.1, 0.15) is 11.6 Å². The number of halogens is 2. The quantitative estimate of drug-likeness (QED) is 0.481. The number of benzene rings is 3. The van der Waals surface area contributed by atoms with Gasteiger partial charge in [0.15, 0.2) is 0 Å². The van der Waals surface area contributed by atoms with Crippen LogP contribution in [0, 0.1) is 18.6 Å². The fraction of sp³-hybridized carbons (Fsp3) is 0.0476. The van der Waals surface area contributed by atoms with Gasteiger partial charge in [-0.2, -0.15) is 0 Å². The molecule has 4 heteroatoms. The van der Waals surface area contributed by atoms with Crippen molar-refractivity contribution in [3.05, 3.63) is 83.9 Å². The predicted molar refractivity (Wildman–Crippen MR) is 95.1 cm³/mol. The molecule has 0 bridgehead atoms. The lowest BCUT2D eigenvalue weighted by molar-refractivity contribution is 0.626. The van der Waals surface area contributed by atoms with Crippen LogP contribution >= 0.6 is 0 Å². The van der Waals surface area contributed by atoms with Crippen molar-refractivity contribution < 1.29 is 8.78 Å². The molecule has 0 radical (unpaired) electrons. The van der Waals surface area contributed by atoms with Crippen molar-refractivity contribution in [2.75, 3.05) is 0 Å². The molecule has 0 aliphatic rings. The third-order valence-corrected chi connectivity index (χ3v) is 4.13. The first-order valence-corrected chi connectivity index (χ1v) is 7.91. The fourth-order valence-electron chi connectivity index (χ4n) is 2.89. The van der Waals surface area contributed by atoms with E-state index >= 15 is 0 Å². The van der Waals surface area contributed by atoms with E-state index in [1.807, 2.05) is 31.2 Å². The minimum Gasteiger partial charge on any atom is -0.244 e. The van der Waals surface area contributed by atoms with Gasteiger partial charge in [-0.3, -0.25) is 0 Å². The Balaban J connectivity index is 2.03. The Morgan fingerprint density at radius 1 is 0.680 bits per heavy atom. The third-order valence-electron chi connectivity index (χ3n) is 4.13. The van der Waals surface area contributed by atoms with E-state index in [1.165, 1.54) is 24.3 Å². The van der Waals surface area contributed by atoms with Gasteiger partial charge in [0.25, 0.3) is 0 Å². The minimum absolute atomic E-state index is 0.293. The molecule has 1 heterocycles. The van der Waals surface area contributed by atoms with E-state index in [-0.39, 0.29) is 11.6 Å². The summed E-state index contributed by atoms with van der Waals surface area (Å²) in [6.07, 6.45) is 0. The lowest BCUT2D eigenvalue weighted by atomic mass is 10.00. The molecular formula is C21H14F2N2. The monoisotopic (exact) mass is 332 g/mol. The number of aromatic nitrogens is 2. The first kappa shape index (κ1) is 15.4. The minimum atomic E-state index is -0.308. The van der Waals surface area contributed by atoms with Gasteiger partial charge in [-0.05, 0) is 67.1 Å². The Hall–Kier alpha value is -3.14. The van der Waals surface area contributed by atoms with Crippen LogP contribution < -0.4 is 0 Å². The van der Waals surface area contributed by atoms with Gasteiger partial charge < -0.3 is 0 Å². The second-order valence-electron chi connectivity index (χ2n) is 5.88. The van der Waals surface area contributed by atoms with Crippen molar-refractivity contribution >= 4 is 11.0 Å². The largest absolute Gasteiger partial charge is 0.244 e. The molecule has 0 unspecified atom stereocenters. The van der Waals surface area contributed by atoms with Crippen molar-refractivity contribution in [2.24, 2.45) is 0 Å². The highest BCUT2D eigenvalue weighted by Crippen LogP contribution is 2.33. The smallest absolute Gasteiger partial charge is 0.123 e. The van der Waals surface area contributed by atoms with Gasteiger partial charge in [-0.15, -0.1) is 0 Å². The topological polar surface area (TPSA) is 25.8 Å². The summed E-state index contributed by atoms with van der Waals surface area (Å²) >= 11 is 0. The average Bonchev–Trinajstić information content (AvgIpc) is 2.61. The molecule has 0 aliphatic carbocycles. The van der Waals surface area contributed by atoms with Crippen molar-refractivity contribution in [3.8, 4) is 22.5 Å². The molecule has 0 amide bonds. The summed E-state index contributed by atoms with van der Waals surface area (Å²) in [5, 5.41) is 0. The molecule has 0 saturated carbocycles. The van der Waals surface area contributed by atoms with E-state index in [2.05, 4.69) is 0 Å². The second kappa shape index (κ2) is 6.06. The highest BCUT2D eigenvalue weighted by Gasteiger charge is 2.15. The highest BCUT2D eigenvalue weighted by atomic mass is 19.1. The first-order valence-electron chi connectivity index (χ1n) is 7.91. The molecule has 25 heavy (non-hydrogen) atoms. The fourth-order valence-corrected chi connectivity index (χ4v) is 2.89. The molecule has 3 aromatic carbocycles. The molecule has 0 spiro atoms. The summed E-state index contributed by atoms with van der Waals surface area (Å²) in [6, 6.07) is 18.3. The second-order valence-corrected chi connectivity index (χ2v) is 5.88. The van der Waals surface area contributed by atoms with Gasteiger partial charge in [-0.1, -0.05) is 12.1 Å². The zero-order chi connectivity index (χ0) is 17.4. The SMILES string of the molecule is Cc1cc(F)ccc1-c1nc2ccccc2nc1-c1ccc(F)cc1. The normalized spacial score (nSPS) is 11.0. The van der Waals surface area contributed by atoms with E-state index in [9.17, 15) is 8.78 Å². The highest BCUT2D eigenvalue weighted by molar-refractivity contribution is 5.86. The molecule has 0 N–H and O–H groups in total. The number of hydrogen-bond donors (Lipinski definition) is 0. The lowest BCUT2D eigenvalue weighted by Gasteiger charge is -2.12. The summed E-state index contributed by atoms with van der Waals surface area (Å²) in [4.78, 5) is 9.49. The van der Waals surface area contributed by atoms with Gasteiger partial charge in [0.2, 0.25) is 0 Å². The predicted octanol–water partition coefficient (Wildman–Crippen LogP) is 5.55. The Bertz CT molecular complexity index is 1070. The number of rotatable bonds is 2. The number of nitrogens with zero attached hydrogens (tertiary/aromatic N) is 2. The van der Waals surface area contributed by atoms with Crippen LogP contribution in [0.3, 0.4) is 0 Å². The summed E-state index contributed by atoms with van der Waals surface area (Å²) in [7, 11) is 0. The number of fused-ring (bicyclic) bond motifs is 1. The molecule has 0 aliphatic heterocycles. The standard InChI is InChI=1S/C21H14F2N2/c1-13-12-16(23)10-11-17(13)21-20(14-6-8-15(22)9-7-14)24-18-4-2-3-5-19(18)25-21/h2-12H,1H3. The maximum absolute atomic E-state index is 13.5. The van der Waals surface area contributed by atoms with Gasteiger partial charge in [0, 0.05) is 11.1 Å². The van der Waals surface area contributed by atoms with Crippen LogP contribution in [0.4, 0.5) is 8.78 Å². The van der Waals surface area contributed by atoms with Gasteiger partial charge in [-0.25, -0.2) is 18.7 Å². The van der Waals surface area contributed by atoms with Gasteiger partial charge in [0.05, 0.1) is 22.4 Å². The first-order chi connectivity index (χ1) is 12.1. The Kier molecular flexibility index (Phi) is 3.73. The summed E-state index contributed by atoms with van der Waals surface area (Å²) in [6.45, 7) is 1.84. The molecule has 1 aromatic heterocycles. The van der Waals surface area contributed by atoms with Crippen LogP contribution in [-0.4, -0.2) is 9.97 Å². The van der Waals surface area contributed by atoms with Crippen LogP contribution in [0.15, 0.2) is 66.7 Å². The molecule has 0 atom stereocenters. The molecule has 122 valence electrons. The van der Waals surface area contributed by atoms with Crippen molar-refractivity contribution in [3.63, 3.8) is 0 Å². The maximum Gasteiger partial charge on any atom is 0.123 e. The lowest BCUT2D eigenvalue weighted by Crippen LogP contribution is -1.97. The van der Waals surface area contributed by atoms with Crippen molar-refractivity contribution in [1.29, 1.82) is 0 Å². The summed E-state index contributed by atoms with van der Waals surface area (Å²) in [5.74, 6) is -0.602. The van der Waals surface area contributed by atoms with Crippen LogP contribution in [-0.2, 0) is 0 Å². The van der Waals surface area contributed by atoms with E-state index < -0.39 is 0 Å². The maximum atomic E-state index is 13.5. The van der Waals surface area contributed by atoms with Crippen LogP contribution in [0.1, 0.15) is 5.56 Å². The molecule has 4 aromatic rings. The Morgan fingerprint density at radius 2 is 1.28 bits per heavy atom. The molecule has 0 saturated heterocycles. The molecular weight excluding hydrogens is 318 g/mol. The Labute approximate surface area is 143 Å². The summed E-state index contributed by atoms with van der Waals surface area (Å²) in [5.41, 5.74) is 5.15. The number of aryl methyl sites for hydroxylation is 1. The van der Waals surface area contributed by atoms with Crippen molar-refractivity contribution in [2.45, 2.75) is 6.92 Å². The zero-order valence-electron chi connectivity index (χ0n) is 13.5. The molecule has 2 nitrogen and oxygen atoms in total. The van der Waals surface area contributed by atoms with Crippen LogP contribution in [0.5, 0.6) is 0 Å². The Morgan fingerprint density at radius 3 is 1.92 bits per heavy atom. The number of para-hydroxylation sites is 2. The average molecular weight is 332 g/mol. The van der Waals surface area contributed by atoms with Gasteiger partial charge >= 0.3 is 0 Å². The van der Waals surface area contributed by atoms with Crippen molar-refractivity contribution in [1.82, 2.24) is 9.97 Å². The van der Waals surface area contributed by atoms with E-state index in [1.54, 1.807) is 18.2 Å². The third kappa shape index (κ3) is 2.87. The van der Waals surface area contributed by atoms with Crippen LogP contribution in [0.25, 0.3) is 33.5 Å². The molecule has 4 rings (SSSR count). The van der Waals surface area contributed by atoms with E-state index in [4.69, 9.17) is 9.97 Å².